The van der Waals surface area contributed by atoms with Gasteiger partial charge in [-0.05, 0) is 62.6 Å². The Morgan fingerprint density at radius 3 is 2.43 bits per heavy atom. The number of benzene rings is 2. The highest BCUT2D eigenvalue weighted by Crippen LogP contribution is 2.59. The van der Waals surface area contributed by atoms with Gasteiger partial charge in [0.1, 0.15) is 5.75 Å². The van der Waals surface area contributed by atoms with E-state index in [0.29, 0.717) is 36.7 Å². The van der Waals surface area contributed by atoms with Gasteiger partial charge in [0.05, 0.1) is 12.3 Å². The summed E-state index contributed by atoms with van der Waals surface area (Å²) >= 11 is 0. The number of hydrogen-bond donors (Lipinski definition) is 1. The zero-order valence-corrected chi connectivity index (χ0v) is 17.0. The maximum Gasteiger partial charge on any atom is 0.250 e. The van der Waals surface area contributed by atoms with Crippen molar-refractivity contribution in [3.05, 3.63) is 53.6 Å². The van der Waals surface area contributed by atoms with Crippen LogP contribution in [-0.4, -0.2) is 32.2 Å². The third-order valence-electron chi connectivity index (χ3n) is 5.68. The Kier molecular flexibility index (Phi) is 4.38. The summed E-state index contributed by atoms with van der Waals surface area (Å²) in [6.07, 6.45) is 0.375. The standard InChI is InChI=1S/C21H24N2O4S/c1-4-27-18-10-8-17(9-11-18)22-20(24)21-12-16(21)13-23(28(21,25)26)19-14(2)6-5-7-15(19)3/h5-11,16H,4,12-13H2,1-3H3,(H,22,24)/t16-,21+/m1/s1. The summed E-state index contributed by atoms with van der Waals surface area (Å²) in [7, 11) is -3.79. The molecule has 0 bridgehead atoms. The molecule has 2 atom stereocenters. The van der Waals surface area contributed by atoms with Crippen LogP contribution in [0.3, 0.4) is 0 Å². The number of para-hydroxylation sites is 1. The molecule has 2 aromatic carbocycles. The molecule has 1 amide bonds. The van der Waals surface area contributed by atoms with Crippen LogP contribution in [0.15, 0.2) is 42.5 Å². The van der Waals surface area contributed by atoms with Crippen LogP contribution in [0.5, 0.6) is 5.75 Å². The minimum Gasteiger partial charge on any atom is -0.494 e. The van der Waals surface area contributed by atoms with Crippen molar-refractivity contribution in [1.29, 1.82) is 0 Å². The van der Waals surface area contributed by atoms with Gasteiger partial charge in [0.25, 0.3) is 0 Å². The fraction of sp³-hybridized carbons (Fsp3) is 0.381. The van der Waals surface area contributed by atoms with Gasteiger partial charge in [-0.1, -0.05) is 18.2 Å². The van der Waals surface area contributed by atoms with E-state index >= 15 is 0 Å². The van der Waals surface area contributed by atoms with Crippen molar-refractivity contribution in [1.82, 2.24) is 0 Å². The quantitative estimate of drug-likeness (QED) is 0.836. The number of nitrogens with zero attached hydrogens (tertiary/aromatic N) is 1. The minimum absolute atomic E-state index is 0.181. The molecule has 1 N–H and O–H groups in total. The third kappa shape index (κ3) is 2.68. The topological polar surface area (TPSA) is 75.7 Å². The molecule has 2 aromatic rings. The Balaban J connectivity index is 1.60. The molecule has 0 radical (unpaired) electrons. The van der Waals surface area contributed by atoms with Crippen LogP contribution in [0.4, 0.5) is 11.4 Å². The second kappa shape index (κ2) is 6.51. The Morgan fingerprint density at radius 1 is 1.18 bits per heavy atom. The van der Waals surface area contributed by atoms with Crippen LogP contribution in [-0.2, 0) is 14.8 Å². The van der Waals surface area contributed by atoms with E-state index in [2.05, 4.69) is 5.32 Å². The fourth-order valence-electron chi connectivity index (χ4n) is 4.17. The van der Waals surface area contributed by atoms with Gasteiger partial charge in [-0.25, -0.2) is 8.42 Å². The van der Waals surface area contributed by atoms with Crippen LogP contribution in [0.1, 0.15) is 24.5 Å². The number of anilines is 2. The van der Waals surface area contributed by atoms with Crippen molar-refractivity contribution in [2.45, 2.75) is 31.9 Å². The SMILES string of the molecule is CCOc1ccc(NC(=O)[C@]23C[C@@H]2CN(c2c(C)cccc2C)S3(=O)=O)cc1. The Morgan fingerprint density at radius 2 is 1.82 bits per heavy atom. The van der Waals surface area contributed by atoms with E-state index < -0.39 is 20.7 Å². The number of nitrogens with one attached hydrogen (secondary N) is 1. The number of carbonyl (C=O) groups is 1. The third-order valence-corrected chi connectivity index (χ3v) is 8.20. The predicted molar refractivity (Wildman–Crippen MR) is 109 cm³/mol. The average molecular weight is 401 g/mol. The van der Waals surface area contributed by atoms with Crippen LogP contribution < -0.4 is 14.4 Å². The molecule has 1 saturated heterocycles. The van der Waals surface area contributed by atoms with Gasteiger partial charge in [0.15, 0.2) is 4.75 Å². The lowest BCUT2D eigenvalue weighted by molar-refractivity contribution is -0.116. The Labute approximate surface area is 165 Å². The van der Waals surface area contributed by atoms with Gasteiger partial charge < -0.3 is 10.1 Å². The largest absolute Gasteiger partial charge is 0.494 e. The molecular weight excluding hydrogens is 376 g/mol. The highest BCUT2D eigenvalue weighted by molar-refractivity contribution is 7.95. The normalized spacial score (nSPS) is 24.5. The predicted octanol–water partition coefficient (Wildman–Crippen LogP) is 3.25. The van der Waals surface area contributed by atoms with Gasteiger partial charge in [0.2, 0.25) is 15.9 Å². The van der Waals surface area contributed by atoms with Crippen molar-refractivity contribution < 1.29 is 17.9 Å². The van der Waals surface area contributed by atoms with Crippen LogP contribution >= 0.6 is 0 Å². The van der Waals surface area contributed by atoms with Crippen LogP contribution in [0.25, 0.3) is 0 Å². The molecule has 7 heteroatoms. The van der Waals surface area contributed by atoms with Gasteiger partial charge in [-0.3, -0.25) is 9.10 Å². The summed E-state index contributed by atoms with van der Waals surface area (Å²) in [6, 6.07) is 12.7. The molecule has 2 aliphatic rings. The number of carbonyl (C=O) groups excluding carboxylic acids is 1. The summed E-state index contributed by atoms with van der Waals surface area (Å²) in [6.45, 7) is 6.60. The molecule has 148 valence electrons. The van der Waals surface area contributed by atoms with E-state index in [9.17, 15) is 13.2 Å². The number of amides is 1. The lowest BCUT2D eigenvalue weighted by Crippen LogP contribution is -2.42. The first-order valence-corrected chi connectivity index (χ1v) is 10.9. The van der Waals surface area contributed by atoms with Gasteiger partial charge in [0, 0.05) is 18.2 Å². The Bertz CT molecular complexity index is 1010. The monoisotopic (exact) mass is 400 g/mol. The number of ether oxygens (including phenoxy) is 1. The molecule has 0 aromatic heterocycles. The van der Waals surface area contributed by atoms with E-state index in [1.165, 1.54) is 4.31 Å². The summed E-state index contributed by atoms with van der Waals surface area (Å²) in [4.78, 5) is 13.0. The first-order chi connectivity index (χ1) is 13.3. The van der Waals surface area contributed by atoms with E-state index in [0.717, 1.165) is 11.1 Å². The second-order valence-electron chi connectivity index (χ2n) is 7.48. The molecule has 0 spiro atoms. The second-order valence-corrected chi connectivity index (χ2v) is 9.60. The molecule has 1 saturated carbocycles. The fourth-order valence-corrected chi connectivity index (χ4v) is 6.66. The summed E-state index contributed by atoms with van der Waals surface area (Å²) in [5, 5.41) is 2.79. The van der Waals surface area contributed by atoms with Crippen LogP contribution in [0, 0.1) is 19.8 Å². The smallest absolute Gasteiger partial charge is 0.250 e. The summed E-state index contributed by atoms with van der Waals surface area (Å²) < 4.78 is 32.2. The number of fused-ring (bicyclic) bond motifs is 1. The molecule has 0 unspecified atom stereocenters. The molecule has 1 aliphatic carbocycles. The first-order valence-electron chi connectivity index (χ1n) is 9.44. The summed E-state index contributed by atoms with van der Waals surface area (Å²) in [5.74, 6) is 0.0762. The van der Waals surface area contributed by atoms with E-state index in [1.54, 1.807) is 24.3 Å². The molecule has 6 nitrogen and oxygen atoms in total. The molecule has 1 aliphatic heterocycles. The van der Waals surface area contributed by atoms with E-state index in [-0.39, 0.29) is 5.92 Å². The molecular formula is C21H24N2O4S. The van der Waals surface area contributed by atoms with E-state index in [4.69, 9.17) is 4.74 Å². The minimum atomic E-state index is -3.79. The summed E-state index contributed by atoms with van der Waals surface area (Å²) in [5.41, 5.74) is 3.05. The number of hydrogen-bond acceptors (Lipinski definition) is 4. The molecule has 1 heterocycles. The molecule has 28 heavy (non-hydrogen) atoms. The van der Waals surface area contributed by atoms with Crippen molar-refractivity contribution in [2.24, 2.45) is 5.92 Å². The van der Waals surface area contributed by atoms with Crippen molar-refractivity contribution in [3.63, 3.8) is 0 Å². The lowest BCUT2D eigenvalue weighted by Gasteiger charge is -2.26. The zero-order valence-electron chi connectivity index (χ0n) is 16.2. The van der Waals surface area contributed by atoms with Crippen molar-refractivity contribution >= 4 is 27.3 Å². The van der Waals surface area contributed by atoms with Gasteiger partial charge >= 0.3 is 0 Å². The average Bonchev–Trinajstić information content (AvgIpc) is 3.34. The lowest BCUT2D eigenvalue weighted by atomic mass is 10.1. The first kappa shape index (κ1) is 18.8. The van der Waals surface area contributed by atoms with Gasteiger partial charge in [-0.2, -0.15) is 0 Å². The highest BCUT2D eigenvalue weighted by atomic mass is 32.2. The maximum atomic E-state index is 13.4. The van der Waals surface area contributed by atoms with E-state index in [1.807, 2.05) is 39.0 Å². The highest BCUT2D eigenvalue weighted by Gasteiger charge is 2.75. The van der Waals surface area contributed by atoms with Gasteiger partial charge in [-0.15, -0.1) is 0 Å². The number of sulfonamides is 1. The maximum absolute atomic E-state index is 13.4. The Hall–Kier alpha value is -2.54. The number of aryl methyl sites for hydroxylation is 2. The van der Waals surface area contributed by atoms with Crippen LogP contribution in [0.2, 0.25) is 0 Å². The van der Waals surface area contributed by atoms with Crippen molar-refractivity contribution in [3.8, 4) is 5.75 Å². The number of rotatable bonds is 5. The molecule has 2 fully saturated rings. The molecule has 4 rings (SSSR count). The zero-order chi connectivity index (χ0) is 20.1. The van der Waals surface area contributed by atoms with Crippen molar-refractivity contribution in [2.75, 3.05) is 22.8 Å².